The molecule has 0 aromatic heterocycles. The van der Waals surface area contributed by atoms with E-state index in [1.807, 2.05) is 0 Å². The van der Waals surface area contributed by atoms with Crippen LogP contribution >= 0.6 is 0 Å². The highest BCUT2D eigenvalue weighted by atomic mass is 19.4. The molecule has 0 aliphatic carbocycles. The predicted molar refractivity (Wildman–Crippen MR) is 44.4 cm³/mol. The summed E-state index contributed by atoms with van der Waals surface area (Å²) in [5.74, 6) is -1.89. The summed E-state index contributed by atoms with van der Waals surface area (Å²) in [6.07, 6.45) is -4.68. The Morgan fingerprint density at radius 2 is 2.00 bits per heavy atom. The minimum absolute atomic E-state index is 0.257. The van der Waals surface area contributed by atoms with Crippen LogP contribution in [0.3, 0.4) is 0 Å². The number of hydrogen-bond acceptors (Lipinski definition) is 3. The minimum Gasteiger partial charge on any atom is -0.507 e. The number of esters is 1. The lowest BCUT2D eigenvalue weighted by atomic mass is 10.2. The Labute approximate surface area is 83.1 Å². The van der Waals surface area contributed by atoms with E-state index in [0.29, 0.717) is 6.07 Å². The first-order valence-electron chi connectivity index (χ1n) is 3.89. The third kappa shape index (κ3) is 2.87. The van der Waals surface area contributed by atoms with E-state index in [1.165, 1.54) is 0 Å². The van der Waals surface area contributed by atoms with E-state index in [-0.39, 0.29) is 5.75 Å². The Morgan fingerprint density at radius 3 is 2.47 bits per heavy atom. The van der Waals surface area contributed by atoms with Gasteiger partial charge in [0, 0.05) is 6.92 Å². The molecule has 0 bridgehead atoms. The summed E-state index contributed by atoms with van der Waals surface area (Å²) in [7, 11) is 0. The van der Waals surface area contributed by atoms with Gasteiger partial charge in [0.15, 0.2) is 0 Å². The molecule has 0 saturated heterocycles. The number of benzene rings is 1. The predicted octanol–water partition coefficient (Wildman–Crippen LogP) is 2.34. The fourth-order valence-corrected chi connectivity index (χ4v) is 0.972. The molecule has 0 spiro atoms. The summed E-state index contributed by atoms with van der Waals surface area (Å²) < 4.78 is 41.3. The lowest BCUT2D eigenvalue weighted by Gasteiger charge is -2.10. The van der Waals surface area contributed by atoms with E-state index in [2.05, 4.69) is 4.74 Å². The number of rotatable bonds is 1. The molecule has 0 atom stereocenters. The summed E-state index contributed by atoms with van der Waals surface area (Å²) in [6.45, 7) is 1.07. The molecule has 82 valence electrons. The molecule has 1 aromatic rings. The molecule has 0 aliphatic heterocycles. The number of phenols is 1. The molecule has 0 amide bonds. The first kappa shape index (κ1) is 11.4. The normalized spacial score (nSPS) is 11.2. The molecule has 6 heteroatoms. The standard InChI is InChI=1S/C9H7F3O3/c1-5(13)15-6-2-3-8(14)7(4-6)9(10,11)12/h2-4,14H,1H3. The van der Waals surface area contributed by atoms with Crippen LogP contribution in [0.4, 0.5) is 13.2 Å². The monoisotopic (exact) mass is 220 g/mol. The molecular formula is C9H7F3O3. The van der Waals surface area contributed by atoms with Crippen molar-refractivity contribution >= 4 is 5.97 Å². The second kappa shape index (κ2) is 3.80. The van der Waals surface area contributed by atoms with E-state index in [0.717, 1.165) is 19.1 Å². The number of halogens is 3. The molecule has 0 radical (unpaired) electrons. The van der Waals surface area contributed by atoms with Crippen molar-refractivity contribution in [3.63, 3.8) is 0 Å². The third-order valence-corrected chi connectivity index (χ3v) is 1.53. The van der Waals surface area contributed by atoms with Gasteiger partial charge in [0.2, 0.25) is 0 Å². The summed E-state index contributed by atoms with van der Waals surface area (Å²) in [6, 6.07) is 2.46. The van der Waals surface area contributed by atoms with E-state index < -0.39 is 23.5 Å². The Hall–Kier alpha value is -1.72. The number of hydrogen-bond donors (Lipinski definition) is 1. The lowest BCUT2D eigenvalue weighted by molar-refractivity contribution is -0.139. The SMILES string of the molecule is CC(=O)Oc1ccc(O)c(C(F)(F)F)c1. The second-order valence-corrected chi connectivity index (χ2v) is 2.77. The smallest absolute Gasteiger partial charge is 0.420 e. The van der Waals surface area contributed by atoms with Gasteiger partial charge in [0.25, 0.3) is 0 Å². The summed E-state index contributed by atoms with van der Waals surface area (Å²) in [4.78, 5) is 10.5. The van der Waals surface area contributed by atoms with E-state index in [1.54, 1.807) is 0 Å². The van der Waals surface area contributed by atoms with Crippen molar-refractivity contribution in [2.45, 2.75) is 13.1 Å². The van der Waals surface area contributed by atoms with Crippen molar-refractivity contribution in [2.24, 2.45) is 0 Å². The molecule has 0 heterocycles. The summed E-state index contributed by atoms with van der Waals surface area (Å²) in [5, 5.41) is 8.94. The van der Waals surface area contributed by atoms with Gasteiger partial charge in [0.1, 0.15) is 17.1 Å². The van der Waals surface area contributed by atoms with Crippen LogP contribution in [0.5, 0.6) is 11.5 Å². The molecule has 0 aliphatic rings. The maximum Gasteiger partial charge on any atom is 0.420 e. The van der Waals surface area contributed by atoms with Crippen LogP contribution < -0.4 is 4.74 Å². The van der Waals surface area contributed by atoms with Crippen molar-refractivity contribution in [1.29, 1.82) is 0 Å². The number of ether oxygens (including phenoxy) is 1. The Bertz CT molecular complexity index is 385. The van der Waals surface area contributed by atoms with Crippen LogP contribution in [-0.2, 0) is 11.0 Å². The third-order valence-electron chi connectivity index (χ3n) is 1.53. The highest BCUT2D eigenvalue weighted by Crippen LogP contribution is 2.37. The first-order valence-corrected chi connectivity index (χ1v) is 3.89. The lowest BCUT2D eigenvalue weighted by Crippen LogP contribution is -2.07. The van der Waals surface area contributed by atoms with Crippen LogP contribution in [0, 0.1) is 0 Å². The number of aromatic hydroxyl groups is 1. The molecular weight excluding hydrogens is 213 g/mol. The van der Waals surface area contributed by atoms with E-state index >= 15 is 0 Å². The molecule has 0 fully saturated rings. The molecule has 15 heavy (non-hydrogen) atoms. The molecule has 1 rings (SSSR count). The zero-order valence-corrected chi connectivity index (χ0v) is 7.63. The van der Waals surface area contributed by atoms with Crippen LogP contribution in [0.15, 0.2) is 18.2 Å². The van der Waals surface area contributed by atoms with Crippen LogP contribution in [0.25, 0.3) is 0 Å². The summed E-state index contributed by atoms with van der Waals surface area (Å²) in [5.41, 5.74) is -1.23. The van der Waals surface area contributed by atoms with Crippen molar-refractivity contribution in [2.75, 3.05) is 0 Å². The van der Waals surface area contributed by atoms with Gasteiger partial charge in [0.05, 0.1) is 0 Å². The molecule has 1 aromatic carbocycles. The molecule has 1 N–H and O–H groups in total. The van der Waals surface area contributed by atoms with Gasteiger partial charge in [-0.15, -0.1) is 0 Å². The van der Waals surface area contributed by atoms with Gasteiger partial charge in [-0.3, -0.25) is 4.79 Å². The fraction of sp³-hybridized carbons (Fsp3) is 0.222. The molecule has 0 saturated carbocycles. The quantitative estimate of drug-likeness (QED) is 0.583. The van der Waals surface area contributed by atoms with Gasteiger partial charge in [-0.25, -0.2) is 0 Å². The maximum absolute atomic E-state index is 12.3. The largest absolute Gasteiger partial charge is 0.507 e. The number of carbonyl (C=O) groups excluding carboxylic acids is 1. The Balaban J connectivity index is 3.11. The van der Waals surface area contributed by atoms with E-state index in [9.17, 15) is 18.0 Å². The van der Waals surface area contributed by atoms with Gasteiger partial charge < -0.3 is 9.84 Å². The van der Waals surface area contributed by atoms with E-state index in [4.69, 9.17) is 5.11 Å². The maximum atomic E-state index is 12.3. The van der Waals surface area contributed by atoms with Gasteiger partial charge in [-0.2, -0.15) is 13.2 Å². The van der Waals surface area contributed by atoms with Crippen molar-refractivity contribution in [3.05, 3.63) is 23.8 Å². The van der Waals surface area contributed by atoms with Gasteiger partial charge in [-0.1, -0.05) is 0 Å². The zero-order chi connectivity index (χ0) is 11.6. The average Bonchev–Trinajstić information content (AvgIpc) is 2.05. The highest BCUT2D eigenvalue weighted by Gasteiger charge is 2.34. The molecule has 3 nitrogen and oxygen atoms in total. The van der Waals surface area contributed by atoms with Gasteiger partial charge in [-0.05, 0) is 18.2 Å². The van der Waals surface area contributed by atoms with Crippen molar-refractivity contribution < 1.29 is 27.8 Å². The topological polar surface area (TPSA) is 46.5 Å². The minimum atomic E-state index is -4.68. The first-order chi connectivity index (χ1) is 6.80. The Kier molecular flexibility index (Phi) is 2.88. The zero-order valence-electron chi connectivity index (χ0n) is 7.63. The van der Waals surface area contributed by atoms with Crippen LogP contribution in [0.1, 0.15) is 12.5 Å². The molecule has 0 unspecified atom stereocenters. The number of alkyl halides is 3. The number of phenolic OH excluding ortho intramolecular Hbond substituents is 1. The highest BCUT2D eigenvalue weighted by molar-refractivity contribution is 5.69. The second-order valence-electron chi connectivity index (χ2n) is 2.77. The fourth-order valence-electron chi connectivity index (χ4n) is 0.972. The average molecular weight is 220 g/mol. The number of carbonyl (C=O) groups is 1. The Morgan fingerprint density at radius 1 is 1.40 bits per heavy atom. The van der Waals surface area contributed by atoms with Crippen molar-refractivity contribution in [3.8, 4) is 11.5 Å². The van der Waals surface area contributed by atoms with Gasteiger partial charge >= 0.3 is 12.1 Å². The van der Waals surface area contributed by atoms with Crippen molar-refractivity contribution in [1.82, 2.24) is 0 Å². The van der Waals surface area contributed by atoms with Crippen LogP contribution in [-0.4, -0.2) is 11.1 Å². The van der Waals surface area contributed by atoms with Crippen LogP contribution in [0.2, 0.25) is 0 Å². The summed E-state index contributed by atoms with van der Waals surface area (Å²) >= 11 is 0.